The van der Waals surface area contributed by atoms with Gasteiger partial charge in [0.15, 0.2) is 9.84 Å². The topological polar surface area (TPSA) is 72.0 Å². The van der Waals surface area contributed by atoms with Gasteiger partial charge in [0.25, 0.3) is 0 Å². The van der Waals surface area contributed by atoms with Crippen LogP contribution in [0.15, 0.2) is 0 Å². The number of aromatic nitrogens is 2. The number of anilines is 1. The number of sulfone groups is 1. The van der Waals surface area contributed by atoms with Crippen molar-refractivity contribution in [2.75, 3.05) is 11.6 Å². The monoisotopic (exact) mass is 261 g/mol. The van der Waals surface area contributed by atoms with Crippen LogP contribution in [0, 0.1) is 6.92 Å². The summed E-state index contributed by atoms with van der Waals surface area (Å²) in [5, 5.41) is 12.4. The molecule has 1 N–H and O–H groups in total. The first-order valence-electron chi connectivity index (χ1n) is 5.22. The van der Waals surface area contributed by atoms with Gasteiger partial charge in [-0.15, -0.1) is 10.2 Å². The summed E-state index contributed by atoms with van der Waals surface area (Å²) in [5.41, 5.74) is 0. The molecule has 5 nitrogen and oxygen atoms in total. The normalized spacial score (nSPS) is 25.9. The SMILES string of the molecule is Cc1nnc(NC2CCCC2S(C)(=O)=O)s1. The molecule has 90 valence electrons. The van der Waals surface area contributed by atoms with Gasteiger partial charge in [0.05, 0.1) is 5.25 Å². The van der Waals surface area contributed by atoms with E-state index >= 15 is 0 Å². The molecule has 0 aromatic carbocycles. The molecule has 7 heteroatoms. The third-order valence-electron chi connectivity index (χ3n) is 2.84. The lowest BCUT2D eigenvalue weighted by Crippen LogP contribution is -2.34. The predicted molar refractivity (Wildman–Crippen MR) is 64.5 cm³/mol. The number of rotatable bonds is 3. The molecule has 1 heterocycles. The second-order valence-electron chi connectivity index (χ2n) is 4.18. The highest BCUT2D eigenvalue weighted by atomic mass is 32.2. The molecule has 2 rings (SSSR count). The van der Waals surface area contributed by atoms with Crippen LogP contribution in [0.25, 0.3) is 0 Å². The zero-order valence-electron chi connectivity index (χ0n) is 9.30. The van der Waals surface area contributed by atoms with Gasteiger partial charge in [0.2, 0.25) is 5.13 Å². The van der Waals surface area contributed by atoms with E-state index in [2.05, 4.69) is 15.5 Å². The molecule has 1 aliphatic carbocycles. The van der Waals surface area contributed by atoms with E-state index in [0.29, 0.717) is 0 Å². The lowest BCUT2D eigenvalue weighted by molar-refractivity contribution is 0.579. The molecular formula is C9H15N3O2S2. The highest BCUT2D eigenvalue weighted by Crippen LogP contribution is 2.28. The van der Waals surface area contributed by atoms with Crippen molar-refractivity contribution in [1.29, 1.82) is 0 Å². The third kappa shape index (κ3) is 2.52. The van der Waals surface area contributed by atoms with Gasteiger partial charge >= 0.3 is 0 Å². The van der Waals surface area contributed by atoms with Crippen LogP contribution in [0.1, 0.15) is 24.3 Å². The Balaban J connectivity index is 2.10. The molecule has 1 aromatic heterocycles. The fourth-order valence-corrected chi connectivity index (χ4v) is 4.17. The highest BCUT2D eigenvalue weighted by Gasteiger charge is 2.35. The Morgan fingerprint density at radius 3 is 2.69 bits per heavy atom. The Labute approximate surface area is 99.2 Å². The number of hydrogen-bond donors (Lipinski definition) is 1. The molecule has 16 heavy (non-hydrogen) atoms. The van der Waals surface area contributed by atoms with Crippen molar-refractivity contribution in [3.8, 4) is 0 Å². The molecule has 1 saturated carbocycles. The summed E-state index contributed by atoms with van der Waals surface area (Å²) < 4.78 is 23.1. The first kappa shape index (κ1) is 11.8. The number of hydrogen-bond acceptors (Lipinski definition) is 6. The van der Waals surface area contributed by atoms with Crippen LogP contribution < -0.4 is 5.32 Å². The van der Waals surface area contributed by atoms with Gasteiger partial charge in [-0.05, 0) is 26.2 Å². The summed E-state index contributed by atoms with van der Waals surface area (Å²) in [6.07, 6.45) is 3.89. The second kappa shape index (κ2) is 4.29. The minimum absolute atomic E-state index is 0.0117. The van der Waals surface area contributed by atoms with E-state index < -0.39 is 9.84 Å². The van der Waals surface area contributed by atoms with Crippen LogP contribution in [0.3, 0.4) is 0 Å². The maximum Gasteiger partial charge on any atom is 0.205 e. The average molecular weight is 261 g/mol. The molecule has 2 unspecified atom stereocenters. The van der Waals surface area contributed by atoms with E-state index in [9.17, 15) is 8.42 Å². The van der Waals surface area contributed by atoms with Crippen LogP contribution in [-0.4, -0.2) is 36.2 Å². The summed E-state index contributed by atoms with van der Waals surface area (Å²) in [4.78, 5) is 0. The maximum atomic E-state index is 11.6. The average Bonchev–Trinajstić information content (AvgIpc) is 2.74. The minimum atomic E-state index is -2.97. The van der Waals surface area contributed by atoms with Crippen LogP contribution in [0.2, 0.25) is 0 Å². The van der Waals surface area contributed by atoms with Gasteiger partial charge in [-0.1, -0.05) is 11.3 Å². The van der Waals surface area contributed by atoms with Gasteiger partial charge in [0.1, 0.15) is 5.01 Å². The first-order chi connectivity index (χ1) is 7.47. The van der Waals surface area contributed by atoms with E-state index in [0.717, 1.165) is 29.4 Å². The lowest BCUT2D eigenvalue weighted by Gasteiger charge is -2.18. The third-order valence-corrected chi connectivity index (χ3v) is 5.27. The smallest absolute Gasteiger partial charge is 0.205 e. The fraction of sp³-hybridized carbons (Fsp3) is 0.778. The van der Waals surface area contributed by atoms with E-state index in [-0.39, 0.29) is 11.3 Å². The zero-order valence-corrected chi connectivity index (χ0v) is 10.9. The Morgan fingerprint density at radius 1 is 1.38 bits per heavy atom. The molecule has 0 bridgehead atoms. The van der Waals surface area contributed by atoms with Gasteiger partial charge in [-0.3, -0.25) is 0 Å². The van der Waals surface area contributed by atoms with E-state index in [1.54, 1.807) is 0 Å². The van der Waals surface area contributed by atoms with Crippen molar-refractivity contribution in [3.63, 3.8) is 0 Å². The van der Waals surface area contributed by atoms with Crippen molar-refractivity contribution < 1.29 is 8.42 Å². The Morgan fingerprint density at radius 2 is 2.12 bits per heavy atom. The standard InChI is InChI=1S/C9H15N3O2S2/c1-6-11-12-9(15-6)10-7-4-3-5-8(7)16(2,13)14/h7-8H,3-5H2,1-2H3,(H,10,12). The van der Waals surface area contributed by atoms with E-state index in [1.165, 1.54) is 17.6 Å². The molecule has 0 saturated heterocycles. The van der Waals surface area contributed by atoms with Crippen LogP contribution in [0.4, 0.5) is 5.13 Å². The quantitative estimate of drug-likeness (QED) is 0.886. The molecule has 0 aliphatic heterocycles. The Bertz CT molecular complexity index is 469. The number of aryl methyl sites for hydroxylation is 1. The molecule has 1 aromatic rings. The Kier molecular flexibility index (Phi) is 3.16. The molecule has 2 atom stereocenters. The first-order valence-corrected chi connectivity index (χ1v) is 7.99. The van der Waals surface area contributed by atoms with E-state index in [4.69, 9.17) is 0 Å². The van der Waals surface area contributed by atoms with Crippen LogP contribution in [-0.2, 0) is 9.84 Å². The van der Waals surface area contributed by atoms with Crippen molar-refractivity contribution in [2.24, 2.45) is 0 Å². The molecular weight excluding hydrogens is 246 g/mol. The summed E-state index contributed by atoms with van der Waals surface area (Å²) in [5.74, 6) is 0. The van der Waals surface area contributed by atoms with Gasteiger partial charge in [-0.2, -0.15) is 0 Å². The zero-order chi connectivity index (χ0) is 11.8. The molecule has 1 aliphatic rings. The summed E-state index contributed by atoms with van der Waals surface area (Å²) in [6, 6.07) is -0.0117. The molecule has 0 amide bonds. The van der Waals surface area contributed by atoms with Crippen LogP contribution >= 0.6 is 11.3 Å². The largest absolute Gasteiger partial charge is 0.356 e. The highest BCUT2D eigenvalue weighted by molar-refractivity contribution is 7.91. The van der Waals surface area contributed by atoms with Crippen molar-refractivity contribution in [1.82, 2.24) is 10.2 Å². The van der Waals surface area contributed by atoms with Gasteiger partial charge in [-0.25, -0.2) is 8.42 Å². The van der Waals surface area contributed by atoms with Gasteiger partial charge < -0.3 is 5.32 Å². The van der Waals surface area contributed by atoms with Gasteiger partial charge in [0, 0.05) is 12.3 Å². The number of nitrogens with one attached hydrogen (secondary N) is 1. The maximum absolute atomic E-state index is 11.6. The van der Waals surface area contributed by atoms with Crippen molar-refractivity contribution >= 4 is 26.3 Å². The lowest BCUT2D eigenvalue weighted by atomic mass is 10.2. The Hall–Kier alpha value is -0.690. The van der Waals surface area contributed by atoms with Crippen molar-refractivity contribution in [3.05, 3.63) is 5.01 Å². The number of nitrogens with zero attached hydrogens (tertiary/aromatic N) is 2. The summed E-state index contributed by atoms with van der Waals surface area (Å²) in [6.45, 7) is 1.88. The summed E-state index contributed by atoms with van der Waals surface area (Å²) >= 11 is 1.46. The second-order valence-corrected chi connectivity index (χ2v) is 7.62. The molecule has 1 fully saturated rings. The van der Waals surface area contributed by atoms with Crippen LogP contribution in [0.5, 0.6) is 0 Å². The molecule has 0 spiro atoms. The predicted octanol–water partition coefficient (Wildman–Crippen LogP) is 1.22. The fourth-order valence-electron chi connectivity index (χ4n) is 2.12. The van der Waals surface area contributed by atoms with E-state index in [1.807, 2.05) is 6.92 Å². The minimum Gasteiger partial charge on any atom is -0.356 e. The summed E-state index contributed by atoms with van der Waals surface area (Å²) in [7, 11) is -2.97. The molecule has 0 radical (unpaired) electrons. The van der Waals surface area contributed by atoms with Crippen molar-refractivity contribution in [2.45, 2.75) is 37.5 Å².